The Bertz CT molecular complexity index is 1520. The van der Waals surface area contributed by atoms with Crippen molar-refractivity contribution in [2.45, 2.75) is 20.8 Å². The van der Waals surface area contributed by atoms with Crippen LogP contribution in [-0.4, -0.2) is 61.0 Å². The van der Waals surface area contributed by atoms with E-state index < -0.39 is 6.03 Å². The van der Waals surface area contributed by atoms with Gasteiger partial charge in [-0.25, -0.2) is 9.48 Å². The van der Waals surface area contributed by atoms with Crippen LogP contribution in [0.25, 0.3) is 16.8 Å². The highest BCUT2D eigenvalue weighted by Crippen LogP contribution is 2.34. The van der Waals surface area contributed by atoms with Crippen LogP contribution >= 0.6 is 0 Å². The third-order valence-corrected chi connectivity index (χ3v) is 6.56. The van der Waals surface area contributed by atoms with Crippen LogP contribution in [0.3, 0.4) is 0 Å². The van der Waals surface area contributed by atoms with Gasteiger partial charge in [0, 0.05) is 18.2 Å². The Balaban J connectivity index is 1.63. The van der Waals surface area contributed by atoms with Crippen LogP contribution < -0.4 is 24.8 Å². The number of carbonyl (C=O) groups is 2. The van der Waals surface area contributed by atoms with Gasteiger partial charge in [-0.3, -0.25) is 4.79 Å². The van der Waals surface area contributed by atoms with Gasteiger partial charge in [0.05, 0.1) is 38.4 Å². The molecule has 0 spiro atoms. The van der Waals surface area contributed by atoms with E-state index in [1.165, 1.54) is 12.0 Å². The number of benzene rings is 3. The lowest BCUT2D eigenvalue weighted by Crippen LogP contribution is -2.42. The van der Waals surface area contributed by atoms with E-state index in [1.54, 1.807) is 37.1 Å². The van der Waals surface area contributed by atoms with Crippen LogP contribution in [0.4, 0.5) is 16.3 Å². The Morgan fingerprint density at radius 2 is 1.55 bits per heavy atom. The molecule has 0 bridgehead atoms. The van der Waals surface area contributed by atoms with E-state index in [0.29, 0.717) is 35.3 Å². The van der Waals surface area contributed by atoms with E-state index in [4.69, 9.17) is 19.3 Å². The average molecular weight is 572 g/mol. The first-order valence-corrected chi connectivity index (χ1v) is 13.6. The van der Waals surface area contributed by atoms with Crippen molar-refractivity contribution in [3.63, 3.8) is 0 Å². The topological polar surface area (TPSA) is 107 Å². The van der Waals surface area contributed by atoms with Crippen molar-refractivity contribution in [3.8, 4) is 34.1 Å². The monoisotopic (exact) mass is 571 g/mol. The number of aromatic nitrogens is 2. The normalized spacial score (nSPS) is 10.7. The number of anilines is 2. The Labute approximate surface area is 246 Å². The molecule has 0 radical (unpaired) electrons. The minimum atomic E-state index is -0.426. The van der Waals surface area contributed by atoms with Crippen molar-refractivity contribution in [2.24, 2.45) is 5.92 Å². The predicted molar refractivity (Wildman–Crippen MR) is 164 cm³/mol. The van der Waals surface area contributed by atoms with Crippen molar-refractivity contribution in [2.75, 3.05) is 45.1 Å². The minimum Gasteiger partial charge on any atom is -0.497 e. The predicted octanol–water partition coefficient (Wildman–Crippen LogP) is 6.00. The van der Waals surface area contributed by atoms with Gasteiger partial charge in [-0.2, -0.15) is 5.10 Å². The third kappa shape index (κ3) is 7.01. The molecule has 0 aliphatic heterocycles. The van der Waals surface area contributed by atoms with Crippen molar-refractivity contribution >= 4 is 23.4 Å². The second-order valence-electron chi connectivity index (χ2n) is 10.1. The van der Waals surface area contributed by atoms with Gasteiger partial charge >= 0.3 is 6.03 Å². The zero-order valence-electron chi connectivity index (χ0n) is 24.8. The van der Waals surface area contributed by atoms with Gasteiger partial charge in [-0.1, -0.05) is 44.2 Å². The summed E-state index contributed by atoms with van der Waals surface area (Å²) in [5, 5.41) is 10.7. The molecule has 0 aliphatic rings. The van der Waals surface area contributed by atoms with E-state index in [9.17, 15) is 9.59 Å². The molecule has 220 valence electrons. The van der Waals surface area contributed by atoms with Gasteiger partial charge in [0.25, 0.3) is 0 Å². The molecule has 2 N–H and O–H groups in total. The number of ether oxygens (including phenoxy) is 3. The molecule has 0 unspecified atom stereocenters. The highest BCUT2D eigenvalue weighted by atomic mass is 16.5. The molecule has 3 amide bonds. The van der Waals surface area contributed by atoms with Crippen LogP contribution in [-0.2, 0) is 4.79 Å². The molecule has 0 saturated carbocycles. The summed E-state index contributed by atoms with van der Waals surface area (Å²) in [6.07, 6.45) is 0. The maximum atomic E-state index is 13.6. The van der Waals surface area contributed by atoms with Gasteiger partial charge in [-0.15, -0.1) is 0 Å². The lowest BCUT2D eigenvalue weighted by Gasteiger charge is -2.25. The van der Waals surface area contributed by atoms with Gasteiger partial charge < -0.3 is 29.7 Å². The number of urea groups is 1. The molecule has 0 fully saturated rings. The molecular weight excluding hydrogens is 534 g/mol. The van der Waals surface area contributed by atoms with Crippen molar-refractivity contribution in [1.82, 2.24) is 14.7 Å². The molecule has 10 heteroatoms. The number of aryl methyl sites for hydroxylation is 1. The van der Waals surface area contributed by atoms with Crippen LogP contribution in [0, 0.1) is 12.8 Å². The molecule has 0 saturated heterocycles. The van der Waals surface area contributed by atoms with E-state index >= 15 is 0 Å². The summed E-state index contributed by atoms with van der Waals surface area (Å²) in [5.41, 5.74) is 3.67. The Morgan fingerprint density at radius 1 is 0.881 bits per heavy atom. The highest BCUT2D eigenvalue weighted by molar-refractivity contribution is 5.99. The first-order chi connectivity index (χ1) is 20.2. The van der Waals surface area contributed by atoms with Crippen molar-refractivity contribution < 1.29 is 23.8 Å². The van der Waals surface area contributed by atoms with Gasteiger partial charge in [0.1, 0.15) is 29.6 Å². The number of methoxy groups -OCH3 is 3. The van der Waals surface area contributed by atoms with Gasteiger partial charge in [0.15, 0.2) is 0 Å². The number of hydrogen-bond acceptors (Lipinski definition) is 6. The van der Waals surface area contributed by atoms with Gasteiger partial charge in [0.2, 0.25) is 5.91 Å². The van der Waals surface area contributed by atoms with Crippen LogP contribution in [0.15, 0.2) is 72.8 Å². The smallest absolute Gasteiger partial charge is 0.322 e. The maximum Gasteiger partial charge on any atom is 0.322 e. The second-order valence-corrected chi connectivity index (χ2v) is 10.1. The highest BCUT2D eigenvalue weighted by Gasteiger charge is 2.24. The van der Waals surface area contributed by atoms with E-state index in [-0.39, 0.29) is 18.4 Å². The summed E-state index contributed by atoms with van der Waals surface area (Å²) < 4.78 is 17.7. The summed E-state index contributed by atoms with van der Waals surface area (Å²) in [6, 6.07) is 21.9. The number of amides is 3. The first kappa shape index (κ1) is 30.0. The molecule has 1 aromatic heterocycles. The molecule has 0 atom stereocenters. The van der Waals surface area contributed by atoms with E-state index in [2.05, 4.69) is 10.6 Å². The Hall–Kier alpha value is -4.99. The summed E-state index contributed by atoms with van der Waals surface area (Å²) in [5.74, 6) is 2.02. The zero-order chi connectivity index (χ0) is 30.2. The first-order valence-electron chi connectivity index (χ1n) is 13.6. The molecule has 4 rings (SSSR count). The quantitative estimate of drug-likeness (QED) is 0.229. The van der Waals surface area contributed by atoms with Gasteiger partial charge in [-0.05, 0) is 54.8 Å². The molecule has 10 nitrogen and oxygen atoms in total. The maximum absolute atomic E-state index is 13.6. The number of carbonyl (C=O) groups excluding carboxylic acids is 2. The molecular formula is C32H37N5O5. The largest absolute Gasteiger partial charge is 0.497 e. The van der Waals surface area contributed by atoms with Crippen LogP contribution in [0.2, 0.25) is 0 Å². The standard InChI is InChI=1S/C32H37N5O5/c1-21(2)19-36(32(39)33-27-17-16-26(41-5)18-28(27)42-6)20-29(38)34-31-30(23-10-8-7-9-11-23)22(3)35-37(31)24-12-14-25(40-4)15-13-24/h7-18,21H,19-20H2,1-6H3,(H,33,39)(H,34,38). The average Bonchev–Trinajstić information content (AvgIpc) is 3.32. The fraction of sp³-hybridized carbons (Fsp3) is 0.281. The number of nitrogens with one attached hydrogen (secondary N) is 2. The molecule has 0 aliphatic carbocycles. The number of hydrogen-bond donors (Lipinski definition) is 2. The lowest BCUT2D eigenvalue weighted by molar-refractivity contribution is -0.116. The molecule has 4 aromatic rings. The number of nitrogens with zero attached hydrogens (tertiary/aromatic N) is 3. The second kappa shape index (κ2) is 13.6. The molecule has 3 aromatic carbocycles. The van der Waals surface area contributed by atoms with Crippen LogP contribution in [0.1, 0.15) is 19.5 Å². The van der Waals surface area contributed by atoms with Crippen LogP contribution in [0.5, 0.6) is 17.2 Å². The molecule has 1 heterocycles. The number of rotatable bonds is 11. The summed E-state index contributed by atoms with van der Waals surface area (Å²) >= 11 is 0. The zero-order valence-corrected chi connectivity index (χ0v) is 24.8. The third-order valence-electron chi connectivity index (χ3n) is 6.56. The SMILES string of the molecule is COc1ccc(-n2nc(C)c(-c3ccccc3)c2NC(=O)CN(CC(C)C)C(=O)Nc2ccc(OC)cc2OC)cc1. The fourth-order valence-electron chi connectivity index (χ4n) is 4.60. The van der Waals surface area contributed by atoms with Crippen molar-refractivity contribution in [1.29, 1.82) is 0 Å². The van der Waals surface area contributed by atoms with E-state index in [0.717, 1.165) is 22.5 Å². The Morgan fingerprint density at radius 3 is 2.17 bits per heavy atom. The van der Waals surface area contributed by atoms with E-state index in [1.807, 2.05) is 75.4 Å². The summed E-state index contributed by atoms with van der Waals surface area (Å²) in [4.78, 5) is 28.5. The molecule has 42 heavy (non-hydrogen) atoms. The summed E-state index contributed by atoms with van der Waals surface area (Å²) in [6.45, 7) is 6.06. The minimum absolute atomic E-state index is 0.119. The lowest BCUT2D eigenvalue weighted by atomic mass is 10.1. The summed E-state index contributed by atoms with van der Waals surface area (Å²) in [7, 11) is 4.68. The van der Waals surface area contributed by atoms with Crippen molar-refractivity contribution in [3.05, 3.63) is 78.5 Å². The Kier molecular flexibility index (Phi) is 9.69. The fourth-order valence-corrected chi connectivity index (χ4v) is 4.60.